The van der Waals surface area contributed by atoms with E-state index in [0.717, 1.165) is 11.3 Å². The summed E-state index contributed by atoms with van der Waals surface area (Å²) >= 11 is 0.985. The Morgan fingerprint density at radius 3 is 2.61 bits per heavy atom. The second-order valence-corrected chi connectivity index (χ2v) is 7.80. The number of fused-ring (bicyclic) bond motifs is 1. The molecule has 120 valence electrons. The molecule has 2 aromatic carbocycles. The van der Waals surface area contributed by atoms with Crippen molar-refractivity contribution in [3.63, 3.8) is 0 Å². The third kappa shape index (κ3) is 2.87. The van der Waals surface area contributed by atoms with Crippen molar-refractivity contribution >= 4 is 37.3 Å². The van der Waals surface area contributed by atoms with Gasteiger partial charge in [-0.05, 0) is 48.9 Å². The molecule has 3 aromatic rings. The van der Waals surface area contributed by atoms with E-state index in [1.165, 1.54) is 34.9 Å². The van der Waals surface area contributed by atoms with E-state index in [2.05, 4.69) is 4.72 Å². The Morgan fingerprint density at radius 1 is 1.17 bits per heavy atom. The fourth-order valence-corrected chi connectivity index (χ4v) is 4.27. The molecule has 5 nitrogen and oxygen atoms in total. The molecule has 3 rings (SSSR count). The zero-order valence-corrected chi connectivity index (χ0v) is 14.0. The van der Waals surface area contributed by atoms with Gasteiger partial charge in [0.25, 0.3) is 10.0 Å². The maximum atomic E-state index is 13.3. The van der Waals surface area contributed by atoms with Gasteiger partial charge in [-0.1, -0.05) is 11.3 Å². The summed E-state index contributed by atoms with van der Waals surface area (Å²) in [4.78, 5) is 11.5. The zero-order valence-electron chi connectivity index (χ0n) is 12.3. The Kier molecular flexibility index (Phi) is 3.73. The van der Waals surface area contributed by atoms with Crippen molar-refractivity contribution in [2.75, 3.05) is 4.72 Å². The molecule has 0 fully saturated rings. The van der Waals surface area contributed by atoms with Crippen LogP contribution in [0.3, 0.4) is 0 Å². The van der Waals surface area contributed by atoms with Crippen LogP contribution in [0.15, 0.2) is 46.1 Å². The van der Waals surface area contributed by atoms with Crippen molar-refractivity contribution in [1.82, 2.24) is 4.57 Å². The minimum absolute atomic E-state index is 0.0498. The Morgan fingerprint density at radius 2 is 1.91 bits per heavy atom. The highest BCUT2D eigenvalue weighted by Gasteiger charge is 2.16. The molecule has 0 amide bonds. The maximum Gasteiger partial charge on any atom is 0.307 e. The van der Waals surface area contributed by atoms with Gasteiger partial charge in [-0.3, -0.25) is 9.52 Å². The average molecular weight is 352 g/mol. The third-order valence-corrected chi connectivity index (χ3v) is 5.86. The number of hydrogen-bond acceptors (Lipinski definition) is 4. The van der Waals surface area contributed by atoms with Crippen LogP contribution in [0.5, 0.6) is 0 Å². The van der Waals surface area contributed by atoms with Gasteiger partial charge in [0, 0.05) is 12.7 Å². The smallest absolute Gasteiger partial charge is 0.302 e. The van der Waals surface area contributed by atoms with Crippen molar-refractivity contribution in [2.24, 2.45) is 7.05 Å². The fourth-order valence-electron chi connectivity index (χ4n) is 2.20. The minimum atomic E-state index is -3.82. The molecule has 0 aliphatic rings. The molecule has 0 spiro atoms. The van der Waals surface area contributed by atoms with Crippen molar-refractivity contribution in [3.05, 3.63) is 57.4 Å². The van der Waals surface area contributed by atoms with E-state index in [-0.39, 0.29) is 15.5 Å². The van der Waals surface area contributed by atoms with Gasteiger partial charge < -0.3 is 4.57 Å². The first-order chi connectivity index (χ1) is 10.8. The monoisotopic (exact) mass is 352 g/mol. The Bertz CT molecular complexity index is 1070. The summed E-state index contributed by atoms with van der Waals surface area (Å²) in [6.07, 6.45) is 0. The first kappa shape index (κ1) is 15.7. The van der Waals surface area contributed by atoms with Crippen LogP contribution in [-0.2, 0) is 17.1 Å². The summed E-state index contributed by atoms with van der Waals surface area (Å²) < 4.78 is 42.6. The number of nitrogens with one attached hydrogen (secondary N) is 1. The molecule has 8 heteroatoms. The van der Waals surface area contributed by atoms with E-state index in [9.17, 15) is 17.6 Å². The topological polar surface area (TPSA) is 68.2 Å². The molecule has 0 saturated carbocycles. The Balaban J connectivity index is 2.01. The van der Waals surface area contributed by atoms with E-state index in [4.69, 9.17) is 0 Å². The molecule has 0 atom stereocenters. The van der Waals surface area contributed by atoms with Crippen LogP contribution in [0.25, 0.3) is 10.2 Å². The molecule has 0 aliphatic carbocycles. The van der Waals surface area contributed by atoms with Crippen LogP contribution in [0.1, 0.15) is 5.56 Å². The number of rotatable bonds is 3. The van der Waals surface area contributed by atoms with Crippen LogP contribution >= 0.6 is 11.3 Å². The van der Waals surface area contributed by atoms with Gasteiger partial charge in [-0.25, -0.2) is 12.8 Å². The second kappa shape index (κ2) is 5.47. The molecule has 0 unspecified atom stereocenters. The number of thiazole rings is 1. The van der Waals surface area contributed by atoms with E-state index in [0.29, 0.717) is 15.8 Å². The Hall–Kier alpha value is -2.19. The Labute approximate surface area is 136 Å². The number of halogens is 1. The highest BCUT2D eigenvalue weighted by Crippen LogP contribution is 2.23. The molecule has 0 bridgehead atoms. The zero-order chi connectivity index (χ0) is 16.8. The van der Waals surface area contributed by atoms with Gasteiger partial charge in [0.2, 0.25) is 0 Å². The van der Waals surface area contributed by atoms with E-state index >= 15 is 0 Å². The predicted molar refractivity (Wildman–Crippen MR) is 89.0 cm³/mol. The summed E-state index contributed by atoms with van der Waals surface area (Å²) in [6, 6.07) is 8.48. The molecular weight excluding hydrogens is 339 g/mol. The van der Waals surface area contributed by atoms with Crippen molar-refractivity contribution in [2.45, 2.75) is 11.8 Å². The lowest BCUT2D eigenvalue weighted by molar-refractivity contribution is 0.601. The van der Waals surface area contributed by atoms with Crippen molar-refractivity contribution < 1.29 is 12.8 Å². The van der Waals surface area contributed by atoms with Gasteiger partial charge in [-0.2, -0.15) is 0 Å². The van der Waals surface area contributed by atoms with Gasteiger partial charge in [-0.15, -0.1) is 0 Å². The van der Waals surface area contributed by atoms with Crippen LogP contribution in [0, 0.1) is 12.7 Å². The lowest BCUT2D eigenvalue weighted by Crippen LogP contribution is -2.13. The molecule has 0 radical (unpaired) electrons. The largest absolute Gasteiger partial charge is 0.307 e. The van der Waals surface area contributed by atoms with E-state index in [1.54, 1.807) is 20.0 Å². The van der Waals surface area contributed by atoms with Gasteiger partial charge in [0.05, 0.1) is 15.1 Å². The summed E-state index contributed by atoms with van der Waals surface area (Å²) in [6.45, 7) is 1.56. The highest BCUT2D eigenvalue weighted by molar-refractivity contribution is 7.92. The van der Waals surface area contributed by atoms with Crippen LogP contribution in [-0.4, -0.2) is 13.0 Å². The number of anilines is 1. The van der Waals surface area contributed by atoms with Crippen LogP contribution < -0.4 is 9.60 Å². The molecule has 1 N–H and O–H groups in total. The third-order valence-electron chi connectivity index (χ3n) is 3.48. The predicted octanol–water partition coefficient (Wildman–Crippen LogP) is 2.85. The summed E-state index contributed by atoms with van der Waals surface area (Å²) in [5.41, 5.74) is 1.31. The van der Waals surface area contributed by atoms with Gasteiger partial charge >= 0.3 is 4.87 Å². The number of sulfonamides is 1. The van der Waals surface area contributed by atoms with E-state index < -0.39 is 15.8 Å². The number of nitrogens with zero attached hydrogens (tertiary/aromatic N) is 1. The highest BCUT2D eigenvalue weighted by atomic mass is 32.2. The molecule has 1 heterocycles. The van der Waals surface area contributed by atoms with Gasteiger partial charge in [0.1, 0.15) is 5.82 Å². The first-order valence-electron chi connectivity index (χ1n) is 6.66. The summed E-state index contributed by atoms with van der Waals surface area (Å²) in [5, 5.41) is 0. The minimum Gasteiger partial charge on any atom is -0.302 e. The number of hydrogen-bond donors (Lipinski definition) is 1. The second-order valence-electron chi connectivity index (χ2n) is 5.13. The first-order valence-corrected chi connectivity index (χ1v) is 8.96. The quantitative estimate of drug-likeness (QED) is 0.788. The normalized spacial score (nSPS) is 11.8. The van der Waals surface area contributed by atoms with Crippen LogP contribution in [0.2, 0.25) is 0 Å². The maximum absolute atomic E-state index is 13.3. The lowest BCUT2D eigenvalue weighted by Gasteiger charge is -2.09. The molecule has 1 aromatic heterocycles. The van der Waals surface area contributed by atoms with Gasteiger partial charge in [0.15, 0.2) is 0 Å². The number of benzene rings is 2. The summed E-state index contributed by atoms with van der Waals surface area (Å²) in [5.74, 6) is -0.400. The molecule has 23 heavy (non-hydrogen) atoms. The van der Waals surface area contributed by atoms with Crippen LogP contribution in [0.4, 0.5) is 10.1 Å². The fraction of sp³-hybridized carbons (Fsp3) is 0.133. The SMILES string of the molecule is Cc1cc(NS(=O)(=O)c2ccc3c(c2)sc(=O)n3C)ccc1F. The average Bonchev–Trinajstić information content (AvgIpc) is 2.77. The molecular formula is C15H13FN2O3S2. The van der Waals surface area contributed by atoms with Crippen molar-refractivity contribution in [3.8, 4) is 0 Å². The number of aryl methyl sites for hydroxylation is 2. The van der Waals surface area contributed by atoms with Crippen molar-refractivity contribution in [1.29, 1.82) is 0 Å². The molecule has 0 saturated heterocycles. The number of aromatic nitrogens is 1. The molecule has 0 aliphatic heterocycles. The standard InChI is InChI=1S/C15H13FN2O3S2/c1-9-7-10(3-5-12(9)16)17-23(20,21)11-4-6-13-14(8-11)22-15(19)18(13)2/h3-8,17H,1-2H3. The summed E-state index contributed by atoms with van der Waals surface area (Å²) in [7, 11) is -2.18. The lowest BCUT2D eigenvalue weighted by atomic mass is 10.2. The van der Waals surface area contributed by atoms with E-state index in [1.807, 2.05) is 0 Å².